The Balaban J connectivity index is 2.19. The maximum Gasteiger partial charge on any atom is 0.362 e. The summed E-state index contributed by atoms with van der Waals surface area (Å²) in [5.41, 5.74) is 1.19. The molecule has 23 heavy (non-hydrogen) atoms. The first-order valence-corrected chi connectivity index (χ1v) is 7.30. The first-order valence-electron chi connectivity index (χ1n) is 6.92. The van der Waals surface area contributed by atoms with Gasteiger partial charge in [0.2, 0.25) is 11.1 Å². The van der Waals surface area contributed by atoms with Crippen LogP contribution in [0.1, 0.15) is 17.4 Å². The average molecular weight is 330 g/mol. The first kappa shape index (κ1) is 15.2. The second-order valence-electron chi connectivity index (χ2n) is 4.72. The van der Waals surface area contributed by atoms with Crippen molar-refractivity contribution in [2.45, 2.75) is 6.92 Å². The zero-order valence-electron chi connectivity index (χ0n) is 12.2. The highest BCUT2D eigenvalue weighted by Gasteiger charge is 2.16. The third-order valence-corrected chi connectivity index (χ3v) is 3.61. The molecule has 0 bridgehead atoms. The Labute approximate surface area is 136 Å². The molecule has 0 saturated carbocycles. The molecule has 116 valence electrons. The van der Waals surface area contributed by atoms with Crippen LogP contribution in [-0.2, 0) is 4.74 Å². The fourth-order valence-electron chi connectivity index (χ4n) is 2.23. The van der Waals surface area contributed by atoms with Crippen LogP contribution in [0.5, 0.6) is 0 Å². The second kappa shape index (κ2) is 6.18. The van der Waals surface area contributed by atoms with E-state index in [2.05, 4.69) is 15.2 Å². The molecule has 3 rings (SSSR count). The highest BCUT2D eigenvalue weighted by molar-refractivity contribution is 6.32. The second-order valence-corrected chi connectivity index (χ2v) is 5.08. The average Bonchev–Trinajstić information content (AvgIpc) is 2.56. The van der Waals surface area contributed by atoms with Crippen molar-refractivity contribution in [3.05, 3.63) is 57.6 Å². The summed E-state index contributed by atoms with van der Waals surface area (Å²) in [6.45, 7) is 1.83. The first-order chi connectivity index (χ1) is 11.1. The van der Waals surface area contributed by atoms with Crippen LogP contribution in [0.3, 0.4) is 0 Å². The molecule has 1 N–H and O–H groups in total. The van der Waals surface area contributed by atoms with Crippen LogP contribution in [0, 0.1) is 0 Å². The van der Waals surface area contributed by atoms with Crippen LogP contribution >= 0.6 is 11.6 Å². The Bertz CT molecular complexity index is 953. The van der Waals surface area contributed by atoms with E-state index < -0.39 is 11.4 Å². The van der Waals surface area contributed by atoms with Gasteiger partial charge in [0, 0.05) is 11.8 Å². The lowest BCUT2D eigenvalue weighted by molar-refractivity contribution is 0.0517. The number of aromatic nitrogens is 3. The maximum absolute atomic E-state index is 12.5. The van der Waals surface area contributed by atoms with Gasteiger partial charge in [-0.3, -0.25) is 9.89 Å². The fourth-order valence-corrected chi connectivity index (χ4v) is 2.46. The van der Waals surface area contributed by atoms with Crippen molar-refractivity contribution < 1.29 is 9.53 Å². The normalized spacial score (nSPS) is 10.7. The highest BCUT2D eigenvalue weighted by Crippen LogP contribution is 2.27. The molecule has 0 radical (unpaired) electrons. The van der Waals surface area contributed by atoms with Crippen LogP contribution in [0.4, 0.5) is 0 Å². The molecular formula is C16H12ClN3O3. The highest BCUT2D eigenvalue weighted by atomic mass is 35.5. The maximum atomic E-state index is 12.5. The molecule has 0 aliphatic heterocycles. The van der Waals surface area contributed by atoms with Gasteiger partial charge in [0.1, 0.15) is 5.15 Å². The van der Waals surface area contributed by atoms with Crippen LogP contribution in [0.15, 0.2) is 41.3 Å². The summed E-state index contributed by atoms with van der Waals surface area (Å²) in [5.74, 6) is -0.750. The number of halogens is 1. The van der Waals surface area contributed by atoms with Gasteiger partial charge in [-0.2, -0.15) is 5.10 Å². The minimum atomic E-state index is -0.750. The number of fused-ring (bicyclic) bond motifs is 1. The monoisotopic (exact) mass is 329 g/mol. The van der Waals surface area contributed by atoms with Gasteiger partial charge < -0.3 is 4.74 Å². The van der Waals surface area contributed by atoms with Crippen molar-refractivity contribution in [2.75, 3.05) is 6.61 Å². The standard InChI is InChI=1S/C16H12ClN3O3/c1-2-23-16(22)13-14(21)11-8-9(5-6-12(11)19-20-13)10-4-3-7-18-15(10)17/h3-8H,2H2,1H3,(H,19,21). The van der Waals surface area contributed by atoms with Gasteiger partial charge in [-0.1, -0.05) is 17.7 Å². The Morgan fingerprint density at radius 1 is 1.35 bits per heavy atom. The van der Waals surface area contributed by atoms with Crippen molar-refractivity contribution in [1.29, 1.82) is 0 Å². The molecule has 0 fully saturated rings. The Kier molecular flexibility index (Phi) is 4.08. The minimum Gasteiger partial charge on any atom is -0.461 e. The number of aromatic amines is 1. The summed E-state index contributed by atoms with van der Waals surface area (Å²) in [4.78, 5) is 28.3. The van der Waals surface area contributed by atoms with E-state index in [-0.39, 0.29) is 12.3 Å². The van der Waals surface area contributed by atoms with E-state index in [1.54, 1.807) is 43.5 Å². The Morgan fingerprint density at radius 2 is 2.17 bits per heavy atom. The summed E-state index contributed by atoms with van der Waals surface area (Å²) in [6.07, 6.45) is 1.59. The molecule has 0 amide bonds. The van der Waals surface area contributed by atoms with Crippen molar-refractivity contribution >= 4 is 28.5 Å². The van der Waals surface area contributed by atoms with Crippen molar-refractivity contribution in [3.63, 3.8) is 0 Å². The number of hydrogen-bond acceptors (Lipinski definition) is 5. The third-order valence-electron chi connectivity index (χ3n) is 3.31. The molecule has 0 saturated heterocycles. The molecule has 2 aromatic heterocycles. The molecule has 0 spiro atoms. The molecule has 7 heteroatoms. The Hall–Kier alpha value is -2.73. The lowest BCUT2D eigenvalue weighted by atomic mass is 10.0. The molecular weight excluding hydrogens is 318 g/mol. The van der Waals surface area contributed by atoms with Crippen LogP contribution in [-0.4, -0.2) is 27.8 Å². The Morgan fingerprint density at radius 3 is 2.91 bits per heavy atom. The van der Waals surface area contributed by atoms with Crippen LogP contribution in [0.25, 0.3) is 22.0 Å². The molecule has 6 nitrogen and oxygen atoms in total. The van der Waals surface area contributed by atoms with E-state index in [1.807, 2.05) is 0 Å². The van der Waals surface area contributed by atoms with Gasteiger partial charge in [0.25, 0.3) is 0 Å². The molecule has 2 heterocycles. The smallest absolute Gasteiger partial charge is 0.362 e. The predicted molar refractivity (Wildman–Crippen MR) is 86.6 cm³/mol. The van der Waals surface area contributed by atoms with Crippen molar-refractivity contribution in [1.82, 2.24) is 15.2 Å². The summed E-state index contributed by atoms with van der Waals surface area (Å²) < 4.78 is 4.84. The summed E-state index contributed by atoms with van der Waals surface area (Å²) in [6, 6.07) is 8.72. The summed E-state index contributed by atoms with van der Waals surface area (Å²) in [7, 11) is 0. The van der Waals surface area contributed by atoms with Gasteiger partial charge in [-0.05, 0) is 36.8 Å². The minimum absolute atomic E-state index is 0.170. The number of benzene rings is 1. The number of rotatable bonds is 3. The molecule has 0 aliphatic rings. The number of carbonyl (C=O) groups excluding carboxylic acids is 1. The van der Waals surface area contributed by atoms with Gasteiger partial charge in [0.05, 0.1) is 17.5 Å². The zero-order chi connectivity index (χ0) is 16.4. The van der Waals surface area contributed by atoms with Gasteiger partial charge in [-0.15, -0.1) is 0 Å². The lowest BCUT2D eigenvalue weighted by Gasteiger charge is -2.06. The van der Waals surface area contributed by atoms with Crippen LogP contribution < -0.4 is 5.43 Å². The van der Waals surface area contributed by atoms with Crippen molar-refractivity contribution in [3.8, 4) is 11.1 Å². The van der Waals surface area contributed by atoms with E-state index in [0.29, 0.717) is 21.6 Å². The van der Waals surface area contributed by atoms with E-state index in [9.17, 15) is 9.59 Å². The fraction of sp³-hybridized carbons (Fsp3) is 0.125. The van der Waals surface area contributed by atoms with E-state index in [4.69, 9.17) is 16.3 Å². The number of hydrogen-bond donors (Lipinski definition) is 1. The van der Waals surface area contributed by atoms with Gasteiger partial charge >= 0.3 is 5.97 Å². The topological polar surface area (TPSA) is 84.9 Å². The van der Waals surface area contributed by atoms with Crippen molar-refractivity contribution in [2.24, 2.45) is 0 Å². The SMILES string of the molecule is CCOC(=O)c1n[nH]c2ccc(-c3cccnc3Cl)cc2c1=O. The quantitative estimate of drug-likeness (QED) is 0.590. The number of nitrogens with zero attached hydrogens (tertiary/aromatic N) is 2. The predicted octanol–water partition coefficient (Wildman–Crippen LogP) is 2.82. The molecule has 0 unspecified atom stereocenters. The van der Waals surface area contributed by atoms with Crippen LogP contribution in [0.2, 0.25) is 5.15 Å². The molecule has 0 aliphatic carbocycles. The number of H-pyrrole nitrogens is 1. The number of carbonyl (C=O) groups is 1. The molecule has 3 aromatic rings. The number of nitrogens with one attached hydrogen (secondary N) is 1. The largest absolute Gasteiger partial charge is 0.461 e. The zero-order valence-corrected chi connectivity index (χ0v) is 12.9. The van der Waals surface area contributed by atoms with E-state index in [0.717, 1.165) is 5.56 Å². The summed E-state index contributed by atoms with van der Waals surface area (Å²) in [5, 5.41) is 7.16. The summed E-state index contributed by atoms with van der Waals surface area (Å²) >= 11 is 6.09. The molecule has 0 atom stereocenters. The molecule has 1 aromatic carbocycles. The third kappa shape index (κ3) is 2.80. The number of esters is 1. The number of ether oxygens (including phenoxy) is 1. The van der Waals surface area contributed by atoms with Gasteiger partial charge in [-0.25, -0.2) is 9.78 Å². The van der Waals surface area contributed by atoms with E-state index in [1.165, 1.54) is 0 Å². The lowest BCUT2D eigenvalue weighted by Crippen LogP contribution is -2.20. The van der Waals surface area contributed by atoms with E-state index >= 15 is 0 Å². The van der Waals surface area contributed by atoms with Gasteiger partial charge in [0.15, 0.2) is 0 Å². The number of pyridine rings is 1.